The molecule has 0 aliphatic carbocycles. The molecule has 1 N–H and O–H groups in total. The molecule has 96 valence electrons. The van der Waals surface area contributed by atoms with Crippen LogP contribution in [-0.4, -0.2) is 18.8 Å². The summed E-state index contributed by atoms with van der Waals surface area (Å²) in [6.45, 7) is 2.22. The number of hydrogen-bond acceptors (Lipinski definition) is 1. The first-order valence-electron chi connectivity index (χ1n) is 5.48. The van der Waals surface area contributed by atoms with Crippen LogP contribution in [0.3, 0.4) is 0 Å². The van der Waals surface area contributed by atoms with Gasteiger partial charge in [0.2, 0.25) is 0 Å². The molecule has 1 aromatic rings. The van der Waals surface area contributed by atoms with Crippen molar-refractivity contribution >= 4 is 15.9 Å². The lowest BCUT2D eigenvalue weighted by atomic mass is 10.1. The Morgan fingerprint density at radius 3 is 2.29 bits per heavy atom. The summed E-state index contributed by atoms with van der Waals surface area (Å²) in [5, 5.41) is 2.54. The van der Waals surface area contributed by atoms with Gasteiger partial charge in [0, 0.05) is 4.47 Å². The van der Waals surface area contributed by atoms with Gasteiger partial charge in [0.15, 0.2) is 0 Å². The third-order valence-electron chi connectivity index (χ3n) is 2.39. The molecule has 0 amide bonds. The van der Waals surface area contributed by atoms with Gasteiger partial charge in [0.25, 0.3) is 0 Å². The number of nitrogens with one attached hydrogen (secondary N) is 1. The zero-order valence-corrected chi connectivity index (χ0v) is 11.1. The molecule has 17 heavy (non-hydrogen) atoms. The summed E-state index contributed by atoms with van der Waals surface area (Å²) in [5.74, 6) is 0. The van der Waals surface area contributed by atoms with E-state index in [2.05, 4.69) is 21.2 Å². The average molecular weight is 310 g/mol. The van der Waals surface area contributed by atoms with Crippen molar-refractivity contribution in [3.8, 4) is 0 Å². The van der Waals surface area contributed by atoms with E-state index in [1.165, 1.54) is 0 Å². The summed E-state index contributed by atoms with van der Waals surface area (Å²) in [5.41, 5.74) is 0.680. The largest absolute Gasteiger partial charge is 0.404 e. The van der Waals surface area contributed by atoms with Gasteiger partial charge in [0.05, 0.1) is 0 Å². The van der Waals surface area contributed by atoms with Crippen LogP contribution in [0.15, 0.2) is 28.7 Å². The number of rotatable bonds is 5. The molecule has 0 bridgehead atoms. The number of hydrogen-bond donors (Lipinski definition) is 1. The molecule has 0 aliphatic heterocycles. The Kier molecular flexibility index (Phi) is 5.46. The Morgan fingerprint density at radius 2 is 1.82 bits per heavy atom. The maximum Gasteiger partial charge on any atom is 0.404 e. The van der Waals surface area contributed by atoms with Crippen molar-refractivity contribution in [2.75, 3.05) is 6.54 Å². The average Bonchev–Trinajstić information content (AvgIpc) is 2.25. The smallest absolute Gasteiger partial charge is 0.306 e. The highest BCUT2D eigenvalue weighted by Gasteiger charge is 2.38. The molecule has 0 saturated carbocycles. The van der Waals surface area contributed by atoms with E-state index < -0.39 is 12.2 Å². The van der Waals surface area contributed by atoms with Crippen LogP contribution in [0.1, 0.15) is 18.9 Å². The van der Waals surface area contributed by atoms with Gasteiger partial charge in [-0.05, 0) is 37.1 Å². The fraction of sp³-hybridized carbons (Fsp3) is 0.500. The van der Waals surface area contributed by atoms with E-state index in [4.69, 9.17) is 0 Å². The Hall–Kier alpha value is -0.550. The van der Waals surface area contributed by atoms with Crippen molar-refractivity contribution in [3.63, 3.8) is 0 Å². The number of alkyl halides is 3. The fourth-order valence-electron chi connectivity index (χ4n) is 1.48. The molecule has 1 atom stereocenters. The number of benzene rings is 1. The minimum Gasteiger partial charge on any atom is -0.306 e. The summed E-state index contributed by atoms with van der Waals surface area (Å²) >= 11 is 3.26. The van der Waals surface area contributed by atoms with E-state index in [9.17, 15) is 13.2 Å². The monoisotopic (exact) mass is 309 g/mol. The predicted molar refractivity (Wildman–Crippen MR) is 66.0 cm³/mol. The van der Waals surface area contributed by atoms with Crippen molar-refractivity contribution in [2.45, 2.75) is 32.0 Å². The summed E-state index contributed by atoms with van der Waals surface area (Å²) < 4.78 is 39.1. The highest BCUT2D eigenvalue weighted by Crippen LogP contribution is 2.23. The van der Waals surface area contributed by atoms with E-state index in [1.807, 2.05) is 6.92 Å². The molecule has 0 spiro atoms. The first-order valence-corrected chi connectivity index (χ1v) is 6.27. The van der Waals surface area contributed by atoms with E-state index in [1.54, 1.807) is 24.3 Å². The molecular weight excluding hydrogens is 295 g/mol. The molecule has 0 radical (unpaired) electrons. The normalized spacial score (nSPS) is 13.7. The Bertz CT molecular complexity index is 335. The standard InChI is InChI=1S/C12H15BrF3N/c1-2-7-17-11(12(14,15)16)8-9-3-5-10(13)6-4-9/h3-6,11,17H,2,7-8H2,1H3. The maximum atomic E-state index is 12.7. The highest BCUT2D eigenvalue weighted by molar-refractivity contribution is 9.10. The molecule has 1 nitrogen and oxygen atoms in total. The first kappa shape index (κ1) is 14.5. The topological polar surface area (TPSA) is 12.0 Å². The quantitative estimate of drug-likeness (QED) is 0.869. The lowest BCUT2D eigenvalue weighted by Crippen LogP contribution is -2.44. The van der Waals surface area contributed by atoms with Gasteiger partial charge < -0.3 is 5.32 Å². The Morgan fingerprint density at radius 1 is 1.24 bits per heavy atom. The van der Waals surface area contributed by atoms with Crippen molar-refractivity contribution in [1.29, 1.82) is 0 Å². The molecule has 0 heterocycles. The van der Waals surface area contributed by atoms with Gasteiger partial charge in [0.1, 0.15) is 6.04 Å². The minimum atomic E-state index is -4.21. The van der Waals surface area contributed by atoms with Crippen LogP contribution in [0.25, 0.3) is 0 Å². The first-order chi connectivity index (χ1) is 7.93. The number of halogens is 4. The molecule has 0 aliphatic rings. The van der Waals surface area contributed by atoms with Crippen LogP contribution in [0.2, 0.25) is 0 Å². The molecule has 0 aromatic heterocycles. The van der Waals surface area contributed by atoms with Crippen molar-refractivity contribution in [2.24, 2.45) is 0 Å². The van der Waals surface area contributed by atoms with E-state index in [-0.39, 0.29) is 6.42 Å². The van der Waals surface area contributed by atoms with Gasteiger partial charge in [-0.3, -0.25) is 0 Å². The summed E-state index contributed by atoms with van der Waals surface area (Å²) in [6.07, 6.45) is -3.55. The van der Waals surface area contributed by atoms with Gasteiger partial charge in [-0.15, -0.1) is 0 Å². The second-order valence-corrected chi connectivity index (χ2v) is 4.79. The second kappa shape index (κ2) is 6.40. The van der Waals surface area contributed by atoms with Crippen LogP contribution in [0.5, 0.6) is 0 Å². The van der Waals surface area contributed by atoms with Crippen LogP contribution < -0.4 is 5.32 Å². The molecule has 1 rings (SSSR count). The van der Waals surface area contributed by atoms with Crippen molar-refractivity contribution < 1.29 is 13.2 Å². The zero-order chi connectivity index (χ0) is 12.9. The summed E-state index contributed by atoms with van der Waals surface area (Å²) in [7, 11) is 0. The third kappa shape index (κ3) is 5.08. The molecule has 5 heteroatoms. The van der Waals surface area contributed by atoms with Crippen LogP contribution >= 0.6 is 15.9 Å². The minimum absolute atomic E-state index is 0.0310. The van der Waals surface area contributed by atoms with Crippen LogP contribution in [0.4, 0.5) is 13.2 Å². The predicted octanol–water partition coefficient (Wildman–Crippen LogP) is 3.92. The SMILES string of the molecule is CCCNC(Cc1ccc(Br)cc1)C(F)(F)F. The highest BCUT2D eigenvalue weighted by atomic mass is 79.9. The Labute approximate surface area is 108 Å². The molecule has 0 saturated heterocycles. The van der Waals surface area contributed by atoms with E-state index in [0.29, 0.717) is 18.5 Å². The van der Waals surface area contributed by atoms with Crippen LogP contribution in [0, 0.1) is 0 Å². The Balaban J connectivity index is 2.68. The lowest BCUT2D eigenvalue weighted by Gasteiger charge is -2.21. The second-order valence-electron chi connectivity index (χ2n) is 3.88. The maximum absolute atomic E-state index is 12.7. The zero-order valence-electron chi connectivity index (χ0n) is 9.52. The molecular formula is C12H15BrF3N. The van der Waals surface area contributed by atoms with E-state index in [0.717, 1.165) is 4.47 Å². The van der Waals surface area contributed by atoms with Crippen LogP contribution in [-0.2, 0) is 6.42 Å². The summed E-state index contributed by atoms with van der Waals surface area (Å²) in [6, 6.07) is 5.45. The lowest BCUT2D eigenvalue weighted by molar-refractivity contribution is -0.155. The van der Waals surface area contributed by atoms with Gasteiger partial charge in [-0.2, -0.15) is 13.2 Å². The van der Waals surface area contributed by atoms with E-state index >= 15 is 0 Å². The van der Waals surface area contributed by atoms with Gasteiger partial charge in [-0.1, -0.05) is 35.0 Å². The van der Waals surface area contributed by atoms with Crippen molar-refractivity contribution in [3.05, 3.63) is 34.3 Å². The fourth-order valence-corrected chi connectivity index (χ4v) is 1.74. The third-order valence-corrected chi connectivity index (χ3v) is 2.92. The van der Waals surface area contributed by atoms with Gasteiger partial charge in [-0.25, -0.2) is 0 Å². The van der Waals surface area contributed by atoms with Gasteiger partial charge >= 0.3 is 6.18 Å². The summed E-state index contributed by atoms with van der Waals surface area (Å²) in [4.78, 5) is 0. The molecule has 0 fully saturated rings. The molecule has 1 aromatic carbocycles. The molecule has 1 unspecified atom stereocenters. The van der Waals surface area contributed by atoms with Crippen molar-refractivity contribution in [1.82, 2.24) is 5.32 Å².